The molecule has 0 fully saturated rings. The van der Waals surface area contributed by atoms with Gasteiger partial charge in [0.1, 0.15) is 5.69 Å². The minimum atomic E-state index is -0.573. The second kappa shape index (κ2) is 2.98. The lowest BCUT2D eigenvalue weighted by Gasteiger charge is -2.01. The molecule has 0 saturated heterocycles. The summed E-state index contributed by atoms with van der Waals surface area (Å²) in [6.07, 6.45) is 0. The summed E-state index contributed by atoms with van der Waals surface area (Å²) in [5, 5.41) is 10.4. The summed E-state index contributed by atoms with van der Waals surface area (Å²) in [4.78, 5) is 9.80. The van der Waals surface area contributed by atoms with Crippen molar-refractivity contribution in [3.8, 4) is 0 Å². The van der Waals surface area contributed by atoms with Gasteiger partial charge in [0.2, 0.25) is 0 Å². The van der Waals surface area contributed by atoms with E-state index < -0.39 is 4.92 Å². The van der Waals surface area contributed by atoms with Crippen molar-refractivity contribution in [2.24, 2.45) is 0 Å². The van der Waals surface area contributed by atoms with E-state index in [1.165, 1.54) is 12.1 Å². The highest BCUT2D eigenvalue weighted by Gasteiger charge is 2.14. The van der Waals surface area contributed by atoms with Crippen LogP contribution in [0.3, 0.4) is 0 Å². The Balaban J connectivity index is 3.37. The molecule has 0 saturated carbocycles. The first kappa shape index (κ1) is 8.79. The normalized spacial score (nSPS) is 9.75. The van der Waals surface area contributed by atoms with Crippen LogP contribution >= 0.6 is 15.9 Å². The summed E-state index contributed by atoms with van der Waals surface area (Å²) in [7, 11) is 0. The zero-order valence-electron chi connectivity index (χ0n) is 5.95. The number of hydrogen-bond donors (Lipinski definition) is 2. The lowest BCUT2D eigenvalue weighted by molar-refractivity contribution is -0.383. The molecule has 0 spiro atoms. The molecule has 0 bridgehead atoms. The third-order valence-corrected chi connectivity index (χ3v) is 1.81. The fraction of sp³-hybridized carbons (Fsp3) is 0. The van der Waals surface area contributed by atoms with E-state index >= 15 is 0 Å². The SMILES string of the molecule is Nc1cc(Br)cc([N+](=O)[O-])c1N. The number of nitrogens with zero attached hydrogens (tertiary/aromatic N) is 1. The minimum Gasteiger partial charge on any atom is -0.397 e. The van der Waals surface area contributed by atoms with E-state index in [0.29, 0.717) is 4.47 Å². The van der Waals surface area contributed by atoms with Gasteiger partial charge in [-0.25, -0.2) is 0 Å². The summed E-state index contributed by atoms with van der Waals surface area (Å²) in [5.41, 5.74) is 10.8. The molecule has 0 amide bonds. The van der Waals surface area contributed by atoms with Crippen LogP contribution in [0.4, 0.5) is 17.1 Å². The van der Waals surface area contributed by atoms with E-state index in [1.54, 1.807) is 0 Å². The third kappa shape index (κ3) is 1.48. The van der Waals surface area contributed by atoms with Crippen molar-refractivity contribution in [3.63, 3.8) is 0 Å². The molecular weight excluding hydrogens is 226 g/mol. The number of anilines is 2. The van der Waals surface area contributed by atoms with Crippen molar-refractivity contribution in [1.29, 1.82) is 0 Å². The first-order valence-electron chi connectivity index (χ1n) is 3.01. The number of nitrogen functional groups attached to an aromatic ring is 2. The zero-order valence-corrected chi connectivity index (χ0v) is 7.54. The Morgan fingerprint density at radius 2 is 2.00 bits per heavy atom. The molecule has 0 radical (unpaired) electrons. The van der Waals surface area contributed by atoms with Gasteiger partial charge in [-0.3, -0.25) is 10.1 Å². The van der Waals surface area contributed by atoms with Gasteiger partial charge in [0.25, 0.3) is 5.69 Å². The topological polar surface area (TPSA) is 95.2 Å². The number of benzene rings is 1. The van der Waals surface area contributed by atoms with Gasteiger partial charge >= 0.3 is 0 Å². The van der Waals surface area contributed by atoms with Gasteiger partial charge in [-0.2, -0.15) is 0 Å². The molecule has 1 aromatic rings. The summed E-state index contributed by atoms with van der Waals surface area (Å²) in [6.45, 7) is 0. The standard InChI is InChI=1S/C6H6BrN3O2/c7-3-1-4(8)6(9)5(2-3)10(11)12/h1-2H,8-9H2. The van der Waals surface area contributed by atoms with E-state index in [4.69, 9.17) is 11.5 Å². The van der Waals surface area contributed by atoms with Gasteiger partial charge in [0, 0.05) is 10.5 Å². The molecule has 64 valence electrons. The van der Waals surface area contributed by atoms with Gasteiger partial charge in [-0.15, -0.1) is 0 Å². The maximum Gasteiger partial charge on any atom is 0.295 e. The summed E-state index contributed by atoms with van der Waals surface area (Å²) < 4.78 is 0.543. The Kier molecular flexibility index (Phi) is 2.18. The quantitative estimate of drug-likeness (QED) is 0.435. The lowest BCUT2D eigenvalue weighted by atomic mass is 10.2. The van der Waals surface area contributed by atoms with Crippen LogP contribution in [-0.4, -0.2) is 4.92 Å². The molecule has 0 aliphatic heterocycles. The molecule has 0 aliphatic carbocycles. The Morgan fingerprint density at radius 1 is 1.42 bits per heavy atom. The van der Waals surface area contributed by atoms with E-state index in [2.05, 4.69) is 15.9 Å². The van der Waals surface area contributed by atoms with Crippen LogP contribution in [0, 0.1) is 10.1 Å². The summed E-state index contributed by atoms with van der Waals surface area (Å²) in [5.74, 6) is 0. The number of halogens is 1. The molecule has 4 N–H and O–H groups in total. The molecule has 0 aliphatic rings. The van der Waals surface area contributed by atoms with Gasteiger partial charge < -0.3 is 11.5 Å². The van der Waals surface area contributed by atoms with Crippen molar-refractivity contribution < 1.29 is 4.92 Å². The fourth-order valence-electron chi connectivity index (χ4n) is 0.775. The maximum absolute atomic E-state index is 10.4. The Morgan fingerprint density at radius 3 is 2.50 bits per heavy atom. The van der Waals surface area contributed by atoms with Crippen LogP contribution < -0.4 is 11.5 Å². The number of hydrogen-bond acceptors (Lipinski definition) is 4. The molecule has 1 aromatic carbocycles. The summed E-state index contributed by atoms with van der Waals surface area (Å²) >= 11 is 3.08. The van der Waals surface area contributed by atoms with Gasteiger partial charge in [-0.1, -0.05) is 15.9 Å². The smallest absolute Gasteiger partial charge is 0.295 e. The Hall–Kier alpha value is -1.30. The summed E-state index contributed by atoms with van der Waals surface area (Å²) in [6, 6.07) is 2.83. The number of nitrogens with two attached hydrogens (primary N) is 2. The van der Waals surface area contributed by atoms with Crippen molar-refractivity contribution in [1.82, 2.24) is 0 Å². The molecule has 0 aromatic heterocycles. The zero-order chi connectivity index (χ0) is 9.30. The molecule has 5 nitrogen and oxygen atoms in total. The Labute approximate surface area is 76.6 Å². The maximum atomic E-state index is 10.4. The van der Waals surface area contributed by atoms with Crippen LogP contribution in [0.5, 0.6) is 0 Å². The highest BCUT2D eigenvalue weighted by molar-refractivity contribution is 9.10. The fourth-order valence-corrected chi connectivity index (χ4v) is 1.24. The van der Waals surface area contributed by atoms with E-state index in [9.17, 15) is 10.1 Å². The highest BCUT2D eigenvalue weighted by Crippen LogP contribution is 2.31. The molecule has 0 heterocycles. The Bertz CT molecular complexity index is 340. The molecular formula is C6H6BrN3O2. The molecule has 6 heteroatoms. The minimum absolute atomic E-state index is 0.00296. The van der Waals surface area contributed by atoms with Crippen LogP contribution in [0.2, 0.25) is 0 Å². The number of nitro groups is 1. The molecule has 0 unspecified atom stereocenters. The average Bonchev–Trinajstić information content (AvgIpc) is 1.96. The first-order valence-corrected chi connectivity index (χ1v) is 3.80. The van der Waals surface area contributed by atoms with Crippen molar-refractivity contribution in [3.05, 3.63) is 26.7 Å². The van der Waals surface area contributed by atoms with E-state index in [1.807, 2.05) is 0 Å². The number of rotatable bonds is 1. The van der Waals surface area contributed by atoms with Gasteiger partial charge in [-0.05, 0) is 6.07 Å². The molecule has 1 rings (SSSR count). The largest absolute Gasteiger partial charge is 0.397 e. The second-order valence-corrected chi connectivity index (χ2v) is 3.10. The second-order valence-electron chi connectivity index (χ2n) is 2.18. The van der Waals surface area contributed by atoms with Crippen molar-refractivity contribution in [2.75, 3.05) is 11.5 Å². The van der Waals surface area contributed by atoms with Crippen LogP contribution in [0.1, 0.15) is 0 Å². The monoisotopic (exact) mass is 231 g/mol. The molecule has 0 atom stereocenters. The van der Waals surface area contributed by atoms with Crippen molar-refractivity contribution >= 4 is 33.0 Å². The van der Waals surface area contributed by atoms with Crippen molar-refractivity contribution in [2.45, 2.75) is 0 Å². The predicted molar refractivity (Wildman–Crippen MR) is 49.6 cm³/mol. The third-order valence-electron chi connectivity index (χ3n) is 1.35. The molecule has 12 heavy (non-hydrogen) atoms. The lowest BCUT2D eigenvalue weighted by Crippen LogP contribution is -2.00. The van der Waals surface area contributed by atoms with Crippen LogP contribution in [-0.2, 0) is 0 Å². The van der Waals surface area contributed by atoms with E-state index in [0.717, 1.165) is 0 Å². The van der Waals surface area contributed by atoms with Gasteiger partial charge in [0.05, 0.1) is 10.6 Å². The number of nitro benzene ring substituents is 1. The van der Waals surface area contributed by atoms with Crippen LogP contribution in [0.15, 0.2) is 16.6 Å². The predicted octanol–water partition coefficient (Wildman–Crippen LogP) is 1.52. The average molecular weight is 232 g/mol. The highest BCUT2D eigenvalue weighted by atomic mass is 79.9. The van der Waals surface area contributed by atoms with Gasteiger partial charge in [0.15, 0.2) is 0 Å². The van der Waals surface area contributed by atoms with E-state index in [-0.39, 0.29) is 17.1 Å². The first-order chi connectivity index (χ1) is 5.52. The van der Waals surface area contributed by atoms with Crippen LogP contribution in [0.25, 0.3) is 0 Å².